The molecule has 3 aromatic rings. The molecule has 0 unspecified atom stereocenters. The third-order valence-electron chi connectivity index (χ3n) is 3.86. The second-order valence-electron chi connectivity index (χ2n) is 5.23. The van der Waals surface area contributed by atoms with E-state index in [2.05, 4.69) is 25.1 Å². The molecule has 1 amide bonds. The smallest absolute Gasteiger partial charge is 0.282 e. The Hall–Kier alpha value is -2.91. The van der Waals surface area contributed by atoms with Crippen molar-refractivity contribution in [2.45, 2.75) is 12.3 Å². The summed E-state index contributed by atoms with van der Waals surface area (Å²) in [6.45, 7) is 0.796. The van der Waals surface area contributed by atoms with Crippen LogP contribution in [0.1, 0.15) is 34.4 Å². The Kier molecular flexibility index (Phi) is 3.03. The Labute approximate surface area is 128 Å². The van der Waals surface area contributed by atoms with E-state index in [1.807, 2.05) is 0 Å². The number of H-pyrrole nitrogens is 1. The summed E-state index contributed by atoms with van der Waals surface area (Å²) >= 11 is 0. The SMILES string of the molecule is O=C(c1c(C(F)F)nc2cnccn12)N1CC(c2ncn[nH]2)C1. The predicted molar refractivity (Wildman–Crippen MR) is 73.0 cm³/mol. The number of fused-ring (bicyclic) bond motifs is 1. The number of rotatable bonds is 3. The molecular weight excluding hydrogens is 308 g/mol. The number of nitrogens with one attached hydrogen (secondary N) is 1. The van der Waals surface area contributed by atoms with Crippen molar-refractivity contribution in [3.8, 4) is 0 Å². The molecule has 0 aromatic carbocycles. The van der Waals surface area contributed by atoms with Crippen molar-refractivity contribution in [2.24, 2.45) is 0 Å². The van der Waals surface area contributed by atoms with Crippen LogP contribution < -0.4 is 0 Å². The highest BCUT2D eigenvalue weighted by molar-refractivity contribution is 5.95. The summed E-state index contributed by atoms with van der Waals surface area (Å²) in [6.07, 6.45) is 2.78. The van der Waals surface area contributed by atoms with Crippen LogP contribution in [0.4, 0.5) is 8.78 Å². The third-order valence-corrected chi connectivity index (χ3v) is 3.86. The predicted octanol–water partition coefficient (Wildman–Crippen LogP) is 1.02. The maximum absolute atomic E-state index is 13.2. The number of hydrogen-bond donors (Lipinski definition) is 1. The van der Waals surface area contributed by atoms with E-state index in [-0.39, 0.29) is 17.3 Å². The van der Waals surface area contributed by atoms with Gasteiger partial charge in [0.15, 0.2) is 5.65 Å². The largest absolute Gasteiger partial charge is 0.336 e. The van der Waals surface area contributed by atoms with Crippen LogP contribution in [0.15, 0.2) is 24.9 Å². The van der Waals surface area contributed by atoms with Gasteiger partial charge in [-0.15, -0.1) is 0 Å². The first-order chi connectivity index (χ1) is 11.1. The molecule has 0 radical (unpaired) electrons. The number of hydrogen-bond acceptors (Lipinski definition) is 5. The molecule has 4 rings (SSSR count). The van der Waals surface area contributed by atoms with Gasteiger partial charge in [-0.05, 0) is 0 Å². The third kappa shape index (κ3) is 2.14. The Bertz CT molecular complexity index is 854. The number of aromatic amines is 1. The summed E-state index contributed by atoms with van der Waals surface area (Å²) in [7, 11) is 0. The van der Waals surface area contributed by atoms with Crippen LogP contribution in [-0.4, -0.2) is 53.4 Å². The van der Waals surface area contributed by atoms with Gasteiger partial charge in [-0.2, -0.15) is 5.10 Å². The first-order valence-corrected chi connectivity index (χ1v) is 6.90. The Morgan fingerprint density at radius 1 is 1.39 bits per heavy atom. The lowest BCUT2D eigenvalue weighted by Crippen LogP contribution is -2.49. The average Bonchev–Trinajstić information content (AvgIpc) is 3.12. The molecule has 0 saturated carbocycles. The number of imidazole rings is 1. The molecular formula is C13H11F2N7O. The van der Waals surface area contributed by atoms with E-state index < -0.39 is 18.0 Å². The summed E-state index contributed by atoms with van der Waals surface area (Å²) < 4.78 is 27.8. The number of carbonyl (C=O) groups excluding carboxylic acids is 1. The Morgan fingerprint density at radius 3 is 2.91 bits per heavy atom. The topological polar surface area (TPSA) is 92.1 Å². The maximum Gasteiger partial charge on any atom is 0.282 e. The molecule has 23 heavy (non-hydrogen) atoms. The van der Waals surface area contributed by atoms with E-state index in [9.17, 15) is 13.6 Å². The fraction of sp³-hybridized carbons (Fsp3) is 0.308. The van der Waals surface area contributed by atoms with Gasteiger partial charge >= 0.3 is 0 Å². The van der Waals surface area contributed by atoms with Gasteiger partial charge in [0.05, 0.1) is 12.1 Å². The van der Waals surface area contributed by atoms with E-state index in [0.29, 0.717) is 18.9 Å². The molecule has 1 aliphatic heterocycles. The number of amides is 1. The lowest BCUT2D eigenvalue weighted by molar-refractivity contribution is 0.0576. The molecule has 1 saturated heterocycles. The minimum Gasteiger partial charge on any atom is -0.336 e. The summed E-state index contributed by atoms with van der Waals surface area (Å²) in [6, 6.07) is 0. The molecule has 1 N–H and O–H groups in total. The van der Waals surface area contributed by atoms with E-state index in [1.54, 1.807) is 0 Å². The Balaban J connectivity index is 1.64. The zero-order valence-electron chi connectivity index (χ0n) is 11.7. The highest BCUT2D eigenvalue weighted by Gasteiger charge is 2.37. The van der Waals surface area contributed by atoms with Crippen LogP contribution in [0.25, 0.3) is 5.65 Å². The molecule has 0 spiro atoms. The van der Waals surface area contributed by atoms with Crippen molar-refractivity contribution < 1.29 is 13.6 Å². The molecule has 0 aliphatic carbocycles. The van der Waals surface area contributed by atoms with Crippen molar-refractivity contribution in [1.29, 1.82) is 0 Å². The van der Waals surface area contributed by atoms with Crippen LogP contribution in [0, 0.1) is 0 Å². The average molecular weight is 319 g/mol. The zero-order chi connectivity index (χ0) is 16.0. The standard InChI is InChI=1S/C13H11F2N7O/c14-11(15)9-10(22-2-1-16-3-8(22)19-9)13(23)21-4-7(5-21)12-17-6-18-20-12/h1-3,6-7,11H,4-5H2,(H,17,18,20). The molecule has 4 heterocycles. The van der Waals surface area contributed by atoms with Crippen molar-refractivity contribution in [3.63, 3.8) is 0 Å². The molecule has 118 valence electrons. The normalized spacial score (nSPS) is 15.3. The monoisotopic (exact) mass is 319 g/mol. The van der Waals surface area contributed by atoms with Gasteiger partial charge in [-0.1, -0.05) is 0 Å². The van der Waals surface area contributed by atoms with Gasteiger partial charge < -0.3 is 4.90 Å². The van der Waals surface area contributed by atoms with Gasteiger partial charge in [0.25, 0.3) is 12.3 Å². The van der Waals surface area contributed by atoms with Gasteiger partial charge in [0.1, 0.15) is 23.5 Å². The van der Waals surface area contributed by atoms with Gasteiger partial charge in [-0.3, -0.25) is 19.3 Å². The summed E-state index contributed by atoms with van der Waals surface area (Å²) in [5, 5.41) is 6.51. The second-order valence-corrected chi connectivity index (χ2v) is 5.23. The molecule has 0 atom stereocenters. The van der Waals surface area contributed by atoms with Gasteiger partial charge in [-0.25, -0.2) is 18.7 Å². The van der Waals surface area contributed by atoms with E-state index >= 15 is 0 Å². The summed E-state index contributed by atoms with van der Waals surface area (Å²) in [5.74, 6) is 0.248. The van der Waals surface area contributed by atoms with Crippen molar-refractivity contribution >= 4 is 11.6 Å². The van der Waals surface area contributed by atoms with Crippen molar-refractivity contribution in [2.75, 3.05) is 13.1 Å². The number of halogens is 2. The Morgan fingerprint density at radius 2 is 2.22 bits per heavy atom. The van der Waals surface area contributed by atoms with Crippen LogP contribution in [0.2, 0.25) is 0 Å². The maximum atomic E-state index is 13.2. The number of aromatic nitrogens is 6. The van der Waals surface area contributed by atoms with Gasteiger partial charge in [0.2, 0.25) is 0 Å². The first-order valence-electron chi connectivity index (χ1n) is 6.90. The number of alkyl halides is 2. The van der Waals surface area contributed by atoms with Crippen LogP contribution >= 0.6 is 0 Å². The van der Waals surface area contributed by atoms with Crippen LogP contribution in [0.5, 0.6) is 0 Å². The highest BCUT2D eigenvalue weighted by Crippen LogP contribution is 2.29. The highest BCUT2D eigenvalue weighted by atomic mass is 19.3. The van der Waals surface area contributed by atoms with E-state index in [4.69, 9.17) is 0 Å². The van der Waals surface area contributed by atoms with E-state index in [0.717, 1.165) is 0 Å². The van der Waals surface area contributed by atoms with E-state index in [1.165, 1.54) is 34.2 Å². The minimum atomic E-state index is -2.83. The van der Waals surface area contributed by atoms with Gasteiger partial charge in [0, 0.05) is 25.5 Å². The summed E-state index contributed by atoms with van der Waals surface area (Å²) in [5.41, 5.74) is -0.419. The lowest BCUT2D eigenvalue weighted by atomic mass is 9.99. The summed E-state index contributed by atoms with van der Waals surface area (Å²) in [4.78, 5) is 25.8. The fourth-order valence-electron chi connectivity index (χ4n) is 2.67. The molecule has 0 bridgehead atoms. The van der Waals surface area contributed by atoms with Crippen molar-refractivity contribution in [1.82, 2.24) is 34.4 Å². The molecule has 10 heteroatoms. The molecule has 8 nitrogen and oxygen atoms in total. The quantitative estimate of drug-likeness (QED) is 0.778. The second kappa shape index (κ2) is 5.07. The molecule has 1 fully saturated rings. The molecule has 3 aromatic heterocycles. The van der Waals surface area contributed by atoms with Crippen LogP contribution in [-0.2, 0) is 0 Å². The fourth-order valence-corrected chi connectivity index (χ4v) is 2.67. The number of nitrogens with zero attached hydrogens (tertiary/aromatic N) is 6. The minimum absolute atomic E-state index is 0.0392. The van der Waals surface area contributed by atoms with Crippen molar-refractivity contribution in [3.05, 3.63) is 42.1 Å². The lowest BCUT2D eigenvalue weighted by Gasteiger charge is -2.37. The molecule has 1 aliphatic rings. The number of carbonyl (C=O) groups is 1. The first kappa shape index (κ1) is 13.7. The zero-order valence-corrected chi connectivity index (χ0v) is 11.7. The van der Waals surface area contributed by atoms with Crippen LogP contribution in [0.3, 0.4) is 0 Å². The number of likely N-dealkylation sites (tertiary alicyclic amines) is 1.